The SMILES string of the molecule is CNC(c1ccccc1OC(F)(F)F)C1CSCCS1. The first kappa shape index (κ1) is 15.9. The Morgan fingerprint density at radius 1 is 1.30 bits per heavy atom. The van der Waals surface area contributed by atoms with Crippen LogP contribution in [-0.2, 0) is 0 Å². The zero-order valence-corrected chi connectivity index (χ0v) is 12.6. The number of thioether (sulfide) groups is 2. The van der Waals surface area contributed by atoms with E-state index in [1.54, 1.807) is 37.0 Å². The molecule has 0 aromatic heterocycles. The Labute approximate surface area is 124 Å². The maximum absolute atomic E-state index is 12.5. The smallest absolute Gasteiger partial charge is 0.405 e. The van der Waals surface area contributed by atoms with Crippen LogP contribution in [0.15, 0.2) is 24.3 Å². The molecule has 1 aromatic carbocycles. The van der Waals surface area contributed by atoms with E-state index in [-0.39, 0.29) is 17.0 Å². The lowest BCUT2D eigenvalue weighted by Crippen LogP contribution is -2.32. The van der Waals surface area contributed by atoms with Crippen molar-refractivity contribution >= 4 is 23.5 Å². The number of nitrogens with one attached hydrogen (secondary N) is 1. The molecule has 1 heterocycles. The molecule has 1 N–H and O–H groups in total. The van der Waals surface area contributed by atoms with Crippen molar-refractivity contribution in [2.45, 2.75) is 17.7 Å². The van der Waals surface area contributed by atoms with Gasteiger partial charge in [0.05, 0.1) is 0 Å². The molecule has 2 unspecified atom stereocenters. The van der Waals surface area contributed by atoms with Gasteiger partial charge in [-0.15, -0.1) is 13.2 Å². The number of para-hydroxylation sites is 1. The van der Waals surface area contributed by atoms with E-state index in [0.29, 0.717) is 5.56 Å². The lowest BCUT2D eigenvalue weighted by atomic mass is 10.0. The molecule has 0 saturated carbocycles. The first-order valence-electron chi connectivity index (χ1n) is 6.22. The Kier molecular flexibility index (Phi) is 5.51. The lowest BCUT2D eigenvalue weighted by Gasteiger charge is -2.30. The number of halogens is 3. The number of alkyl halides is 3. The van der Waals surface area contributed by atoms with Gasteiger partial charge in [-0.05, 0) is 13.1 Å². The summed E-state index contributed by atoms with van der Waals surface area (Å²) in [6, 6.07) is 6.21. The molecular weight excluding hydrogens is 307 g/mol. The average Bonchev–Trinajstić information content (AvgIpc) is 2.41. The van der Waals surface area contributed by atoms with Gasteiger partial charge in [-0.2, -0.15) is 23.5 Å². The van der Waals surface area contributed by atoms with Crippen LogP contribution in [0, 0.1) is 0 Å². The van der Waals surface area contributed by atoms with Crippen molar-refractivity contribution in [2.24, 2.45) is 0 Å². The summed E-state index contributed by atoms with van der Waals surface area (Å²) in [7, 11) is 1.77. The van der Waals surface area contributed by atoms with Crippen molar-refractivity contribution in [1.29, 1.82) is 0 Å². The molecule has 0 radical (unpaired) electrons. The third-order valence-corrected chi connectivity index (χ3v) is 5.87. The number of ether oxygens (including phenoxy) is 1. The van der Waals surface area contributed by atoms with Gasteiger partial charge in [0.2, 0.25) is 0 Å². The molecule has 1 fully saturated rings. The van der Waals surface area contributed by atoms with Gasteiger partial charge in [-0.25, -0.2) is 0 Å². The van der Waals surface area contributed by atoms with Gasteiger partial charge in [0.25, 0.3) is 0 Å². The highest BCUT2D eigenvalue weighted by Gasteiger charge is 2.34. The quantitative estimate of drug-likeness (QED) is 0.912. The molecule has 20 heavy (non-hydrogen) atoms. The minimum atomic E-state index is -4.66. The summed E-state index contributed by atoms with van der Waals surface area (Å²) >= 11 is 3.63. The van der Waals surface area contributed by atoms with Crippen molar-refractivity contribution in [2.75, 3.05) is 24.3 Å². The molecule has 1 saturated heterocycles. The summed E-state index contributed by atoms with van der Waals surface area (Å²) < 4.78 is 41.6. The largest absolute Gasteiger partial charge is 0.573 e. The third-order valence-electron chi connectivity index (χ3n) is 3.00. The van der Waals surface area contributed by atoms with Gasteiger partial charge in [0.15, 0.2) is 0 Å². The summed E-state index contributed by atoms with van der Waals surface area (Å²) in [5.74, 6) is 2.93. The van der Waals surface area contributed by atoms with E-state index in [1.807, 2.05) is 11.8 Å². The zero-order valence-electron chi connectivity index (χ0n) is 10.9. The van der Waals surface area contributed by atoms with Crippen molar-refractivity contribution in [3.05, 3.63) is 29.8 Å². The van der Waals surface area contributed by atoms with Crippen LogP contribution in [0.4, 0.5) is 13.2 Å². The number of rotatable bonds is 4. The molecule has 1 aromatic rings. The van der Waals surface area contributed by atoms with Gasteiger partial charge in [0, 0.05) is 34.1 Å². The first-order valence-corrected chi connectivity index (χ1v) is 8.43. The standard InChI is InChI=1S/C13H16F3NOS2/c1-17-12(11-8-19-6-7-20-11)9-4-2-3-5-10(9)18-13(14,15)16/h2-5,11-12,17H,6-8H2,1H3. The maximum atomic E-state index is 12.5. The van der Waals surface area contributed by atoms with Crippen molar-refractivity contribution in [3.63, 3.8) is 0 Å². The molecule has 1 aliphatic rings. The fraction of sp³-hybridized carbons (Fsp3) is 0.538. The molecule has 7 heteroatoms. The van der Waals surface area contributed by atoms with E-state index in [9.17, 15) is 13.2 Å². The minimum absolute atomic E-state index is 0.115. The van der Waals surface area contributed by atoms with Crippen LogP contribution in [0.25, 0.3) is 0 Å². The lowest BCUT2D eigenvalue weighted by molar-refractivity contribution is -0.275. The molecule has 0 amide bonds. The van der Waals surface area contributed by atoms with Gasteiger partial charge in [0.1, 0.15) is 5.75 Å². The molecule has 2 nitrogen and oxygen atoms in total. The topological polar surface area (TPSA) is 21.3 Å². The Morgan fingerprint density at radius 2 is 2.05 bits per heavy atom. The number of hydrogen-bond donors (Lipinski definition) is 1. The molecule has 2 rings (SSSR count). The molecule has 0 spiro atoms. The second-order valence-corrected chi connectivity index (χ2v) is 6.83. The molecule has 1 aliphatic heterocycles. The molecule has 0 aliphatic carbocycles. The highest BCUT2D eigenvalue weighted by atomic mass is 32.2. The van der Waals surface area contributed by atoms with E-state index in [0.717, 1.165) is 17.3 Å². The van der Waals surface area contributed by atoms with Crippen LogP contribution in [0.3, 0.4) is 0 Å². The van der Waals surface area contributed by atoms with Gasteiger partial charge in [-0.1, -0.05) is 18.2 Å². The van der Waals surface area contributed by atoms with E-state index >= 15 is 0 Å². The Bertz CT molecular complexity index is 436. The Hall–Kier alpha value is -0.530. The molecule has 0 bridgehead atoms. The van der Waals surface area contributed by atoms with Gasteiger partial charge in [-0.3, -0.25) is 0 Å². The van der Waals surface area contributed by atoms with E-state index in [1.165, 1.54) is 6.07 Å². The minimum Gasteiger partial charge on any atom is -0.405 e. The summed E-state index contributed by atoms with van der Waals surface area (Å²) in [6.45, 7) is 0. The van der Waals surface area contributed by atoms with Crippen LogP contribution < -0.4 is 10.1 Å². The van der Waals surface area contributed by atoms with Crippen LogP contribution in [0.2, 0.25) is 0 Å². The van der Waals surface area contributed by atoms with Crippen molar-refractivity contribution in [3.8, 4) is 5.75 Å². The summed E-state index contributed by atoms with van der Waals surface area (Å²) in [5.41, 5.74) is 0.562. The van der Waals surface area contributed by atoms with Crippen molar-refractivity contribution < 1.29 is 17.9 Å². The van der Waals surface area contributed by atoms with Crippen LogP contribution >= 0.6 is 23.5 Å². The molecular formula is C13H16F3NOS2. The average molecular weight is 323 g/mol. The second kappa shape index (κ2) is 6.95. The Balaban J connectivity index is 2.24. The Morgan fingerprint density at radius 3 is 2.65 bits per heavy atom. The zero-order chi connectivity index (χ0) is 14.6. The summed E-state index contributed by atoms with van der Waals surface area (Å²) in [6.07, 6.45) is -4.66. The van der Waals surface area contributed by atoms with Gasteiger partial charge >= 0.3 is 6.36 Å². The van der Waals surface area contributed by atoms with Crippen LogP contribution in [-0.4, -0.2) is 35.9 Å². The third kappa shape index (κ3) is 4.23. The second-order valence-electron chi connectivity index (χ2n) is 4.34. The predicted octanol–water partition coefficient (Wildman–Crippen LogP) is 3.69. The monoisotopic (exact) mass is 323 g/mol. The number of benzene rings is 1. The van der Waals surface area contributed by atoms with E-state index in [4.69, 9.17) is 0 Å². The summed E-state index contributed by atoms with van der Waals surface area (Å²) in [4.78, 5) is 0. The summed E-state index contributed by atoms with van der Waals surface area (Å²) in [5, 5.41) is 3.38. The predicted molar refractivity (Wildman–Crippen MR) is 78.5 cm³/mol. The fourth-order valence-corrected chi connectivity index (χ4v) is 5.09. The fourth-order valence-electron chi connectivity index (χ4n) is 2.20. The normalized spacial score (nSPS) is 21.5. The van der Waals surface area contributed by atoms with E-state index in [2.05, 4.69) is 10.1 Å². The molecule has 112 valence electrons. The van der Waals surface area contributed by atoms with Crippen LogP contribution in [0.1, 0.15) is 11.6 Å². The van der Waals surface area contributed by atoms with Crippen molar-refractivity contribution in [1.82, 2.24) is 5.32 Å². The van der Waals surface area contributed by atoms with E-state index < -0.39 is 6.36 Å². The highest BCUT2D eigenvalue weighted by molar-refractivity contribution is 8.06. The number of hydrogen-bond acceptors (Lipinski definition) is 4. The maximum Gasteiger partial charge on any atom is 0.573 e. The highest BCUT2D eigenvalue weighted by Crippen LogP contribution is 2.38. The molecule has 2 atom stereocenters. The first-order chi connectivity index (χ1) is 9.51. The van der Waals surface area contributed by atoms with Gasteiger partial charge < -0.3 is 10.1 Å². The van der Waals surface area contributed by atoms with Crippen LogP contribution in [0.5, 0.6) is 5.75 Å².